The van der Waals surface area contributed by atoms with Crippen molar-refractivity contribution < 1.29 is 32.4 Å². The number of rotatable bonds is 6. The van der Waals surface area contributed by atoms with Gasteiger partial charge in [0.2, 0.25) is 0 Å². The second kappa shape index (κ2) is 8.68. The monoisotopic (exact) mass is 468 g/mol. The number of hydrogen-bond donors (Lipinski definition) is 0. The summed E-state index contributed by atoms with van der Waals surface area (Å²) in [6, 6.07) is 2.42. The molecule has 10 nitrogen and oxygen atoms in total. The Kier molecular flexibility index (Phi) is 6.50. The predicted octanol–water partition coefficient (Wildman–Crippen LogP) is 3.39. The maximum Gasteiger partial charge on any atom is 0.410 e. The van der Waals surface area contributed by atoms with Gasteiger partial charge in [-0.15, -0.1) is 0 Å². The summed E-state index contributed by atoms with van der Waals surface area (Å²) < 4.78 is 36.9. The molecule has 0 aromatic heterocycles. The van der Waals surface area contributed by atoms with Crippen molar-refractivity contribution in [3.63, 3.8) is 0 Å². The summed E-state index contributed by atoms with van der Waals surface area (Å²) in [5, 5.41) is 10.9. The van der Waals surface area contributed by atoms with Gasteiger partial charge in [0.15, 0.2) is 9.84 Å². The highest BCUT2D eigenvalue weighted by Gasteiger charge is 2.48. The van der Waals surface area contributed by atoms with E-state index in [9.17, 15) is 28.1 Å². The molecular formula is C21H28N2O8S. The molecule has 1 aromatic carbocycles. The van der Waals surface area contributed by atoms with Gasteiger partial charge in [-0.3, -0.25) is 14.9 Å². The van der Waals surface area contributed by atoms with E-state index in [4.69, 9.17) is 9.47 Å². The Morgan fingerprint density at radius 1 is 1.22 bits per heavy atom. The van der Waals surface area contributed by atoms with Gasteiger partial charge < -0.3 is 14.4 Å². The number of sulfone groups is 1. The van der Waals surface area contributed by atoms with Crippen molar-refractivity contribution in [1.82, 2.24) is 4.90 Å². The number of non-ortho nitro benzene ring substituents is 1. The van der Waals surface area contributed by atoms with E-state index < -0.39 is 49.6 Å². The summed E-state index contributed by atoms with van der Waals surface area (Å²) in [5.41, 5.74) is -1.10. The molecule has 0 bridgehead atoms. The summed E-state index contributed by atoms with van der Waals surface area (Å²) >= 11 is 0. The molecule has 1 aliphatic carbocycles. The van der Waals surface area contributed by atoms with E-state index in [2.05, 4.69) is 0 Å². The number of nitro benzene ring substituents is 1. The fourth-order valence-electron chi connectivity index (χ4n) is 3.90. The van der Waals surface area contributed by atoms with Crippen LogP contribution in [0.5, 0.6) is 0 Å². The minimum absolute atomic E-state index is 0.0486. The zero-order valence-corrected chi connectivity index (χ0v) is 19.4. The first kappa shape index (κ1) is 24.0. The number of nitrogens with zero attached hydrogens (tertiary/aromatic N) is 2. The van der Waals surface area contributed by atoms with Gasteiger partial charge in [0.25, 0.3) is 5.69 Å². The van der Waals surface area contributed by atoms with Gasteiger partial charge in [-0.25, -0.2) is 13.2 Å². The highest BCUT2D eigenvalue weighted by atomic mass is 32.2. The fourth-order valence-corrected chi connectivity index (χ4v) is 5.78. The van der Waals surface area contributed by atoms with Crippen LogP contribution < -0.4 is 0 Å². The average Bonchev–Trinajstić information content (AvgIpc) is 3.45. The Morgan fingerprint density at radius 3 is 2.41 bits per heavy atom. The largest absolute Gasteiger partial charge is 0.466 e. The lowest BCUT2D eigenvalue weighted by molar-refractivity contribution is -0.385. The molecule has 1 heterocycles. The van der Waals surface area contributed by atoms with Crippen LogP contribution in [0.1, 0.15) is 58.6 Å². The second-order valence-corrected chi connectivity index (χ2v) is 11.2. The Balaban J connectivity index is 2.16. The molecular weight excluding hydrogens is 440 g/mol. The molecule has 1 amide bonds. The Morgan fingerprint density at radius 2 is 1.88 bits per heavy atom. The molecule has 0 radical (unpaired) electrons. The molecule has 11 heteroatoms. The van der Waals surface area contributed by atoms with Crippen LogP contribution in [0.2, 0.25) is 0 Å². The van der Waals surface area contributed by atoms with Gasteiger partial charge in [-0.2, -0.15) is 0 Å². The summed E-state index contributed by atoms with van der Waals surface area (Å²) in [5.74, 6) is -1.47. The fraction of sp³-hybridized carbons (Fsp3) is 0.619. The predicted molar refractivity (Wildman–Crippen MR) is 114 cm³/mol. The van der Waals surface area contributed by atoms with Crippen LogP contribution in [0.4, 0.5) is 10.5 Å². The smallest absolute Gasteiger partial charge is 0.410 e. The maximum absolute atomic E-state index is 13.1. The quantitative estimate of drug-likeness (QED) is 0.352. The van der Waals surface area contributed by atoms with Crippen LogP contribution in [0.15, 0.2) is 23.1 Å². The minimum atomic E-state index is -3.78. The van der Waals surface area contributed by atoms with Crippen molar-refractivity contribution in [1.29, 1.82) is 0 Å². The second-order valence-electron chi connectivity index (χ2n) is 8.99. The summed E-state index contributed by atoms with van der Waals surface area (Å²) in [6.45, 7) is 6.94. The van der Waals surface area contributed by atoms with Gasteiger partial charge in [0.05, 0.1) is 33.6 Å². The Hall–Kier alpha value is -2.69. The van der Waals surface area contributed by atoms with E-state index in [0.717, 1.165) is 12.1 Å². The molecule has 176 valence electrons. The lowest BCUT2D eigenvalue weighted by Crippen LogP contribution is -2.39. The molecule has 32 heavy (non-hydrogen) atoms. The van der Waals surface area contributed by atoms with Crippen molar-refractivity contribution in [3.8, 4) is 0 Å². The van der Waals surface area contributed by atoms with Gasteiger partial charge in [0.1, 0.15) is 5.60 Å². The molecule has 2 atom stereocenters. The highest BCUT2D eigenvalue weighted by molar-refractivity contribution is 7.92. The first-order chi connectivity index (χ1) is 14.9. The normalized spacial score (nSPS) is 21.3. The number of carbonyl (C=O) groups excluding carboxylic acids is 2. The number of hydrogen-bond acceptors (Lipinski definition) is 8. The van der Waals surface area contributed by atoms with Crippen LogP contribution in [0.25, 0.3) is 0 Å². The van der Waals surface area contributed by atoms with Crippen LogP contribution >= 0.6 is 0 Å². The summed E-state index contributed by atoms with van der Waals surface area (Å²) in [7, 11) is -3.78. The molecule has 2 aliphatic rings. The Bertz CT molecular complexity index is 1030. The highest BCUT2D eigenvalue weighted by Crippen LogP contribution is 2.45. The zero-order valence-electron chi connectivity index (χ0n) is 18.6. The maximum atomic E-state index is 13.1. The van der Waals surface area contributed by atoms with Gasteiger partial charge in [-0.1, -0.05) is 0 Å². The van der Waals surface area contributed by atoms with E-state index in [1.54, 1.807) is 27.7 Å². The number of carbonyl (C=O) groups is 2. The van der Waals surface area contributed by atoms with Gasteiger partial charge in [0, 0.05) is 24.2 Å². The molecule has 1 aromatic rings. The molecule has 1 saturated carbocycles. The van der Waals surface area contributed by atoms with Gasteiger partial charge in [-0.05, 0) is 53.0 Å². The average molecular weight is 469 g/mol. The molecule has 0 spiro atoms. The van der Waals surface area contributed by atoms with E-state index >= 15 is 0 Å². The van der Waals surface area contributed by atoms with E-state index in [1.807, 2.05) is 0 Å². The third-order valence-corrected chi connectivity index (χ3v) is 7.74. The van der Waals surface area contributed by atoms with Crippen molar-refractivity contribution >= 4 is 27.6 Å². The van der Waals surface area contributed by atoms with E-state index in [0.29, 0.717) is 12.8 Å². The van der Waals surface area contributed by atoms with Crippen molar-refractivity contribution in [2.75, 3.05) is 13.2 Å². The molecule has 0 N–H and O–H groups in total. The number of likely N-dealkylation sites (tertiary alicyclic amines) is 1. The molecule has 2 fully saturated rings. The lowest BCUT2D eigenvalue weighted by Gasteiger charge is -2.31. The van der Waals surface area contributed by atoms with Crippen LogP contribution in [-0.4, -0.2) is 54.3 Å². The van der Waals surface area contributed by atoms with Crippen LogP contribution in [-0.2, 0) is 24.1 Å². The number of esters is 1. The first-order valence-electron chi connectivity index (χ1n) is 10.5. The number of ether oxygens (including phenoxy) is 2. The van der Waals surface area contributed by atoms with Crippen LogP contribution in [0, 0.1) is 16.0 Å². The third-order valence-electron chi connectivity index (χ3n) is 5.41. The van der Waals surface area contributed by atoms with Crippen molar-refractivity contribution in [2.24, 2.45) is 5.92 Å². The number of nitro groups is 1. The van der Waals surface area contributed by atoms with Crippen molar-refractivity contribution in [2.45, 2.75) is 68.7 Å². The van der Waals surface area contributed by atoms with Crippen LogP contribution in [0.3, 0.4) is 0 Å². The summed E-state index contributed by atoms with van der Waals surface area (Å²) in [6.07, 6.45) is 0.491. The minimum Gasteiger partial charge on any atom is -0.466 e. The standard InChI is InChI=1S/C21H28N2O8S/c1-5-30-19(24)15-10-11-22(20(25)31-21(2,3)4)18(15)16-12-13(23(26)27)6-9-17(16)32(28,29)14-7-8-14/h6,9,12,14-15,18H,5,7-8,10-11H2,1-4H3/t15-,18?/m1/s1. The number of amides is 1. The molecule has 1 saturated heterocycles. The first-order valence-corrected chi connectivity index (χ1v) is 12.1. The Labute approximate surface area is 186 Å². The van der Waals surface area contributed by atoms with Gasteiger partial charge >= 0.3 is 12.1 Å². The molecule has 1 unspecified atom stereocenters. The molecule has 3 rings (SSSR count). The van der Waals surface area contributed by atoms with Crippen molar-refractivity contribution in [3.05, 3.63) is 33.9 Å². The molecule has 1 aliphatic heterocycles. The SMILES string of the molecule is CCOC(=O)[C@@H]1CCN(C(=O)OC(C)(C)C)C1c1cc([N+](=O)[O-])ccc1S(=O)(=O)C1CC1. The zero-order chi connectivity index (χ0) is 23.8. The summed E-state index contributed by atoms with van der Waals surface area (Å²) in [4.78, 5) is 37.7. The van der Waals surface area contributed by atoms with E-state index in [1.165, 1.54) is 11.0 Å². The topological polar surface area (TPSA) is 133 Å². The third kappa shape index (κ3) is 4.87. The lowest BCUT2D eigenvalue weighted by atomic mass is 9.93. The number of benzene rings is 1. The van der Waals surface area contributed by atoms with E-state index in [-0.39, 0.29) is 35.7 Å².